The second-order valence-electron chi connectivity index (χ2n) is 5.07. The average molecular weight is 265 g/mol. The Hall–Kier alpha value is -0.510. The molecule has 1 atom stereocenters. The normalized spacial score (nSPS) is 21.1. The Kier molecular flexibility index (Phi) is 5.54. The molecule has 0 saturated carbocycles. The van der Waals surface area contributed by atoms with E-state index in [9.17, 15) is 0 Å². The molecule has 0 aromatic heterocycles. The molecule has 1 fully saturated rings. The van der Waals surface area contributed by atoms with Gasteiger partial charge in [0.2, 0.25) is 0 Å². The molecular weight excluding hydrogens is 242 g/mol. The lowest BCUT2D eigenvalue weighted by atomic mass is 10.0. The molecule has 2 rings (SSSR count). The van der Waals surface area contributed by atoms with Crippen molar-refractivity contribution in [1.29, 1.82) is 0 Å². The number of piperidine rings is 1. The maximum Gasteiger partial charge on any atom is 0.0682 e. The van der Waals surface area contributed by atoms with Gasteiger partial charge in [-0.15, -0.1) is 11.8 Å². The molecule has 1 N–H and O–H groups in total. The smallest absolute Gasteiger partial charge is 0.0682 e. The van der Waals surface area contributed by atoms with Crippen molar-refractivity contribution in [2.75, 3.05) is 19.3 Å². The summed E-state index contributed by atoms with van der Waals surface area (Å²) >= 11 is 1.91. The van der Waals surface area contributed by atoms with Crippen LogP contribution in [0.4, 0.5) is 0 Å². The number of aliphatic hydroxyl groups excluding tert-OH is 1. The van der Waals surface area contributed by atoms with Gasteiger partial charge in [0.15, 0.2) is 0 Å². The summed E-state index contributed by atoms with van der Waals surface area (Å²) in [5, 5.41) is 9.11. The average Bonchev–Trinajstić information content (AvgIpc) is 2.41. The predicted octanol–water partition coefficient (Wildman–Crippen LogP) is 3.15. The van der Waals surface area contributed by atoms with E-state index in [1.807, 2.05) is 23.9 Å². The van der Waals surface area contributed by atoms with Gasteiger partial charge in [-0.3, -0.25) is 0 Å². The zero-order valence-electron chi connectivity index (χ0n) is 11.1. The summed E-state index contributed by atoms with van der Waals surface area (Å²) in [6.07, 6.45) is 5.37. The number of aliphatic hydroxyl groups is 1. The minimum absolute atomic E-state index is 0.139. The van der Waals surface area contributed by atoms with Crippen LogP contribution < -0.4 is 0 Å². The van der Waals surface area contributed by atoms with Crippen LogP contribution in [0, 0.1) is 0 Å². The van der Waals surface area contributed by atoms with Crippen molar-refractivity contribution < 1.29 is 5.11 Å². The molecular formula is C15H23NOS. The maximum atomic E-state index is 9.11. The van der Waals surface area contributed by atoms with Gasteiger partial charge in [0, 0.05) is 10.9 Å². The topological polar surface area (TPSA) is 23.5 Å². The summed E-state index contributed by atoms with van der Waals surface area (Å²) < 4.78 is 0. The van der Waals surface area contributed by atoms with Gasteiger partial charge in [0.1, 0.15) is 0 Å². The van der Waals surface area contributed by atoms with Gasteiger partial charge in [-0.25, -0.2) is 0 Å². The predicted molar refractivity (Wildman–Crippen MR) is 78.0 cm³/mol. The molecule has 100 valence electrons. The lowest BCUT2D eigenvalue weighted by Crippen LogP contribution is -2.36. The number of thioether (sulfide) groups is 1. The van der Waals surface area contributed by atoms with Crippen molar-refractivity contribution in [1.82, 2.24) is 4.90 Å². The Labute approximate surface area is 114 Å². The first-order chi connectivity index (χ1) is 8.79. The minimum Gasteiger partial charge on any atom is -0.392 e. The number of hydrogen-bond acceptors (Lipinski definition) is 3. The Morgan fingerprint density at radius 3 is 3.06 bits per heavy atom. The van der Waals surface area contributed by atoms with Crippen LogP contribution in [-0.2, 0) is 6.61 Å². The fraction of sp³-hybridized carbons (Fsp3) is 0.600. The largest absolute Gasteiger partial charge is 0.392 e. The Balaban J connectivity index is 1.77. The fourth-order valence-corrected chi connectivity index (χ4v) is 3.59. The number of nitrogens with zero attached hydrogens (tertiary/aromatic N) is 1. The number of benzene rings is 1. The minimum atomic E-state index is 0.139. The molecule has 1 aromatic rings. The number of hydrogen-bond donors (Lipinski definition) is 1. The first-order valence-electron chi connectivity index (χ1n) is 6.82. The van der Waals surface area contributed by atoms with Crippen molar-refractivity contribution in [2.45, 2.75) is 43.2 Å². The van der Waals surface area contributed by atoms with E-state index in [1.54, 1.807) is 0 Å². The van der Waals surface area contributed by atoms with Crippen molar-refractivity contribution in [3.05, 3.63) is 29.8 Å². The van der Waals surface area contributed by atoms with Gasteiger partial charge >= 0.3 is 0 Å². The standard InChI is InChI=1S/C15H23NOS/c1-16-9-3-2-6-14(16)8-10-18-15-7-4-5-13(11-15)12-17/h4-5,7,11,14,17H,2-3,6,8-10,12H2,1H3. The van der Waals surface area contributed by atoms with Gasteiger partial charge in [-0.1, -0.05) is 18.6 Å². The Morgan fingerprint density at radius 2 is 2.28 bits per heavy atom. The summed E-state index contributed by atoms with van der Waals surface area (Å²) in [5.74, 6) is 1.17. The van der Waals surface area contributed by atoms with Crippen LogP contribution in [0.25, 0.3) is 0 Å². The van der Waals surface area contributed by atoms with Gasteiger partial charge in [-0.2, -0.15) is 0 Å². The molecule has 2 nitrogen and oxygen atoms in total. The molecule has 0 spiro atoms. The highest BCUT2D eigenvalue weighted by molar-refractivity contribution is 7.99. The first-order valence-corrected chi connectivity index (χ1v) is 7.81. The lowest BCUT2D eigenvalue weighted by molar-refractivity contribution is 0.182. The molecule has 1 aliphatic heterocycles. The summed E-state index contributed by atoms with van der Waals surface area (Å²) in [6, 6.07) is 9.00. The second-order valence-corrected chi connectivity index (χ2v) is 6.24. The van der Waals surface area contributed by atoms with Crippen LogP contribution in [-0.4, -0.2) is 35.4 Å². The van der Waals surface area contributed by atoms with Crippen molar-refractivity contribution in [2.24, 2.45) is 0 Å². The Bertz CT molecular complexity index is 369. The van der Waals surface area contributed by atoms with Crippen molar-refractivity contribution in [3.63, 3.8) is 0 Å². The molecule has 0 amide bonds. The third kappa shape index (κ3) is 4.01. The van der Waals surface area contributed by atoms with Crippen LogP contribution >= 0.6 is 11.8 Å². The zero-order chi connectivity index (χ0) is 12.8. The van der Waals surface area contributed by atoms with E-state index in [-0.39, 0.29) is 6.61 Å². The third-order valence-corrected chi connectivity index (χ3v) is 4.75. The van der Waals surface area contributed by atoms with E-state index < -0.39 is 0 Å². The van der Waals surface area contributed by atoms with Gasteiger partial charge in [0.05, 0.1) is 6.61 Å². The van der Waals surface area contributed by atoms with Crippen molar-refractivity contribution in [3.8, 4) is 0 Å². The number of likely N-dealkylation sites (tertiary alicyclic amines) is 1. The quantitative estimate of drug-likeness (QED) is 0.827. The van der Waals surface area contributed by atoms with E-state index >= 15 is 0 Å². The molecule has 0 aliphatic carbocycles. The Morgan fingerprint density at radius 1 is 1.39 bits per heavy atom. The molecule has 1 aromatic carbocycles. The van der Waals surface area contributed by atoms with Crippen LogP contribution in [0.15, 0.2) is 29.2 Å². The molecule has 1 heterocycles. The zero-order valence-corrected chi connectivity index (χ0v) is 12.0. The van der Waals surface area contributed by atoms with E-state index in [2.05, 4.69) is 24.1 Å². The molecule has 0 radical (unpaired) electrons. The van der Waals surface area contributed by atoms with E-state index in [4.69, 9.17) is 5.11 Å². The van der Waals surface area contributed by atoms with Crippen LogP contribution in [0.1, 0.15) is 31.2 Å². The van der Waals surface area contributed by atoms with E-state index in [1.165, 1.54) is 42.9 Å². The summed E-state index contributed by atoms with van der Waals surface area (Å²) in [6.45, 7) is 1.40. The number of rotatable bonds is 5. The summed E-state index contributed by atoms with van der Waals surface area (Å²) in [7, 11) is 2.25. The SMILES string of the molecule is CN1CCCCC1CCSc1cccc(CO)c1. The van der Waals surface area contributed by atoms with Crippen molar-refractivity contribution >= 4 is 11.8 Å². The molecule has 0 bridgehead atoms. The van der Waals surface area contributed by atoms with Crippen LogP contribution in [0.3, 0.4) is 0 Å². The maximum absolute atomic E-state index is 9.11. The third-order valence-electron chi connectivity index (χ3n) is 3.72. The summed E-state index contributed by atoms with van der Waals surface area (Å²) in [4.78, 5) is 3.79. The molecule has 1 aliphatic rings. The van der Waals surface area contributed by atoms with Gasteiger partial charge in [-0.05, 0) is 56.3 Å². The second kappa shape index (κ2) is 7.17. The highest BCUT2D eigenvalue weighted by Gasteiger charge is 2.18. The monoisotopic (exact) mass is 265 g/mol. The van der Waals surface area contributed by atoms with E-state index in [0.29, 0.717) is 0 Å². The van der Waals surface area contributed by atoms with E-state index in [0.717, 1.165) is 11.6 Å². The molecule has 3 heteroatoms. The lowest BCUT2D eigenvalue weighted by Gasteiger charge is -2.32. The van der Waals surface area contributed by atoms with Gasteiger partial charge in [0.25, 0.3) is 0 Å². The molecule has 1 unspecified atom stereocenters. The first kappa shape index (κ1) is 13.9. The fourth-order valence-electron chi connectivity index (χ4n) is 2.56. The van der Waals surface area contributed by atoms with Crippen LogP contribution in [0.2, 0.25) is 0 Å². The molecule has 1 saturated heterocycles. The van der Waals surface area contributed by atoms with Gasteiger partial charge < -0.3 is 10.0 Å². The highest BCUT2D eigenvalue weighted by atomic mass is 32.2. The van der Waals surface area contributed by atoms with Crippen LogP contribution in [0.5, 0.6) is 0 Å². The summed E-state index contributed by atoms with van der Waals surface area (Å²) in [5.41, 5.74) is 1.01. The molecule has 18 heavy (non-hydrogen) atoms. The highest BCUT2D eigenvalue weighted by Crippen LogP contribution is 2.24.